The van der Waals surface area contributed by atoms with Crippen molar-refractivity contribution in [1.29, 1.82) is 0 Å². The number of nitrogens with zero attached hydrogens (tertiary/aromatic N) is 3. The number of rotatable bonds is 10. The molecule has 5 rings (SSSR count). The SMILES string of the molecule is COc1cc2c(Nc3ccc(NC(=O)c4ccccc4)cc3)ncnc2cc1OCCCN1CCNCC1. The fourth-order valence-electron chi connectivity index (χ4n) is 4.41. The number of anilines is 3. The van der Waals surface area contributed by atoms with Crippen LogP contribution in [0, 0.1) is 0 Å². The zero-order valence-corrected chi connectivity index (χ0v) is 21.4. The highest BCUT2D eigenvalue weighted by atomic mass is 16.5. The molecular formula is C29H32N6O3. The van der Waals surface area contributed by atoms with Gasteiger partial charge in [-0.05, 0) is 48.9 Å². The zero-order valence-electron chi connectivity index (χ0n) is 21.4. The standard InChI is InChI=1S/C29H32N6O3/c1-37-26-18-24-25(19-27(26)38-17-5-14-35-15-12-30-13-16-35)31-20-32-28(24)33-22-8-10-23(11-9-22)34-29(36)21-6-3-2-4-7-21/h2-4,6-11,18-20,30H,5,12-17H2,1H3,(H,34,36)(H,31,32,33). The topological polar surface area (TPSA) is 101 Å². The van der Waals surface area contributed by atoms with Gasteiger partial charge in [-0.15, -0.1) is 0 Å². The van der Waals surface area contributed by atoms with E-state index < -0.39 is 0 Å². The van der Waals surface area contributed by atoms with Gasteiger partial charge in [0.15, 0.2) is 11.5 Å². The fourth-order valence-corrected chi connectivity index (χ4v) is 4.41. The van der Waals surface area contributed by atoms with Crippen molar-refractivity contribution in [3.05, 3.63) is 78.6 Å². The highest BCUT2D eigenvalue weighted by molar-refractivity contribution is 6.04. The van der Waals surface area contributed by atoms with Crippen LogP contribution in [-0.4, -0.2) is 67.2 Å². The Morgan fingerprint density at radius 2 is 1.74 bits per heavy atom. The number of benzene rings is 3. The van der Waals surface area contributed by atoms with E-state index in [1.807, 2.05) is 54.6 Å². The summed E-state index contributed by atoms with van der Waals surface area (Å²) in [7, 11) is 1.63. The first-order valence-corrected chi connectivity index (χ1v) is 12.8. The first kappa shape index (κ1) is 25.4. The molecule has 1 aliphatic heterocycles. The summed E-state index contributed by atoms with van der Waals surface area (Å²) in [5, 5.41) is 10.5. The Bertz CT molecular complexity index is 1360. The van der Waals surface area contributed by atoms with Crippen molar-refractivity contribution in [3.63, 3.8) is 0 Å². The molecule has 38 heavy (non-hydrogen) atoms. The number of carbonyl (C=O) groups is 1. The summed E-state index contributed by atoms with van der Waals surface area (Å²) in [6.45, 7) is 5.88. The van der Waals surface area contributed by atoms with Crippen LogP contribution in [0.5, 0.6) is 11.5 Å². The summed E-state index contributed by atoms with van der Waals surface area (Å²) in [4.78, 5) is 23.8. The van der Waals surface area contributed by atoms with E-state index in [0.717, 1.165) is 55.7 Å². The second-order valence-electron chi connectivity index (χ2n) is 9.06. The summed E-state index contributed by atoms with van der Waals surface area (Å²) >= 11 is 0. The molecule has 3 N–H and O–H groups in total. The van der Waals surface area contributed by atoms with Gasteiger partial charge in [0.25, 0.3) is 5.91 Å². The summed E-state index contributed by atoms with van der Waals surface area (Å²) in [5.74, 6) is 1.81. The number of hydrogen-bond acceptors (Lipinski definition) is 8. The number of hydrogen-bond donors (Lipinski definition) is 3. The lowest BCUT2D eigenvalue weighted by Gasteiger charge is -2.27. The maximum atomic E-state index is 12.4. The quantitative estimate of drug-likeness (QED) is 0.270. The fraction of sp³-hybridized carbons (Fsp3) is 0.276. The first-order valence-electron chi connectivity index (χ1n) is 12.8. The Morgan fingerprint density at radius 1 is 0.974 bits per heavy atom. The molecule has 1 aromatic heterocycles. The molecule has 0 spiro atoms. The van der Waals surface area contributed by atoms with E-state index in [4.69, 9.17) is 9.47 Å². The monoisotopic (exact) mass is 512 g/mol. The van der Waals surface area contributed by atoms with Crippen LogP contribution >= 0.6 is 0 Å². The van der Waals surface area contributed by atoms with Crippen molar-refractivity contribution in [1.82, 2.24) is 20.2 Å². The number of piperazine rings is 1. The molecule has 1 amide bonds. The molecule has 4 aromatic rings. The van der Waals surface area contributed by atoms with Gasteiger partial charge in [0.2, 0.25) is 0 Å². The average molecular weight is 513 g/mol. The third-order valence-electron chi connectivity index (χ3n) is 6.45. The van der Waals surface area contributed by atoms with Crippen LogP contribution in [0.15, 0.2) is 73.1 Å². The molecule has 0 atom stereocenters. The minimum absolute atomic E-state index is 0.151. The third-order valence-corrected chi connectivity index (χ3v) is 6.45. The second-order valence-corrected chi connectivity index (χ2v) is 9.06. The van der Waals surface area contributed by atoms with Gasteiger partial charge >= 0.3 is 0 Å². The van der Waals surface area contributed by atoms with E-state index in [0.29, 0.717) is 35.2 Å². The van der Waals surface area contributed by atoms with E-state index in [1.54, 1.807) is 19.2 Å². The predicted octanol–water partition coefficient (Wildman–Crippen LogP) is 4.31. The lowest BCUT2D eigenvalue weighted by molar-refractivity contribution is 0.102. The van der Waals surface area contributed by atoms with Crippen LogP contribution in [0.25, 0.3) is 10.9 Å². The summed E-state index contributed by atoms with van der Waals surface area (Å²) in [6.07, 6.45) is 2.47. The summed E-state index contributed by atoms with van der Waals surface area (Å²) in [6, 6.07) is 20.4. The molecule has 0 unspecified atom stereocenters. The Balaban J connectivity index is 1.24. The number of fused-ring (bicyclic) bond motifs is 1. The van der Waals surface area contributed by atoms with Gasteiger partial charge < -0.3 is 30.3 Å². The van der Waals surface area contributed by atoms with Gasteiger partial charge in [0.1, 0.15) is 12.1 Å². The Kier molecular flexibility index (Phi) is 8.27. The Labute approximate surface area is 222 Å². The summed E-state index contributed by atoms with van der Waals surface area (Å²) in [5.41, 5.74) is 2.90. The van der Waals surface area contributed by atoms with Gasteiger partial charge in [-0.25, -0.2) is 9.97 Å². The highest BCUT2D eigenvalue weighted by Gasteiger charge is 2.13. The molecule has 0 saturated carbocycles. The second kappa shape index (κ2) is 12.4. The van der Waals surface area contributed by atoms with Crippen molar-refractivity contribution in [2.24, 2.45) is 0 Å². The van der Waals surface area contributed by atoms with Crippen LogP contribution in [-0.2, 0) is 0 Å². The van der Waals surface area contributed by atoms with Gasteiger partial charge in [-0.2, -0.15) is 0 Å². The molecule has 1 aliphatic rings. The largest absolute Gasteiger partial charge is 0.493 e. The Morgan fingerprint density at radius 3 is 2.50 bits per heavy atom. The number of methoxy groups -OCH3 is 1. The molecule has 3 aromatic carbocycles. The van der Waals surface area contributed by atoms with Crippen molar-refractivity contribution in [2.45, 2.75) is 6.42 Å². The van der Waals surface area contributed by atoms with Crippen molar-refractivity contribution in [3.8, 4) is 11.5 Å². The maximum absolute atomic E-state index is 12.4. The predicted molar refractivity (Wildman–Crippen MR) is 150 cm³/mol. The van der Waals surface area contributed by atoms with Gasteiger partial charge in [-0.1, -0.05) is 18.2 Å². The van der Waals surface area contributed by atoms with E-state index in [2.05, 4.69) is 30.8 Å². The van der Waals surface area contributed by atoms with Crippen LogP contribution in [0.2, 0.25) is 0 Å². The number of nitrogens with one attached hydrogen (secondary N) is 3. The summed E-state index contributed by atoms with van der Waals surface area (Å²) < 4.78 is 11.7. The number of amides is 1. The highest BCUT2D eigenvalue weighted by Crippen LogP contribution is 2.35. The zero-order chi connectivity index (χ0) is 26.2. The van der Waals surface area contributed by atoms with Gasteiger partial charge in [0, 0.05) is 61.1 Å². The number of ether oxygens (including phenoxy) is 2. The molecule has 9 heteroatoms. The molecule has 9 nitrogen and oxygen atoms in total. The molecular weight excluding hydrogens is 480 g/mol. The normalized spacial score (nSPS) is 13.7. The smallest absolute Gasteiger partial charge is 0.255 e. The van der Waals surface area contributed by atoms with E-state index in [9.17, 15) is 4.79 Å². The lowest BCUT2D eigenvalue weighted by atomic mass is 10.2. The molecule has 0 aliphatic carbocycles. The van der Waals surface area contributed by atoms with Gasteiger partial charge in [0.05, 0.1) is 19.2 Å². The molecule has 1 fully saturated rings. The molecule has 1 saturated heterocycles. The van der Waals surface area contributed by atoms with E-state index in [-0.39, 0.29) is 5.91 Å². The van der Waals surface area contributed by atoms with Crippen LogP contribution in [0.4, 0.5) is 17.2 Å². The third kappa shape index (κ3) is 6.37. The minimum Gasteiger partial charge on any atom is -0.493 e. The van der Waals surface area contributed by atoms with Crippen molar-refractivity contribution in [2.75, 3.05) is 57.1 Å². The molecule has 0 bridgehead atoms. The molecule has 0 radical (unpaired) electrons. The first-order chi connectivity index (χ1) is 18.7. The number of carbonyl (C=O) groups excluding carboxylic acids is 1. The lowest BCUT2D eigenvalue weighted by Crippen LogP contribution is -2.43. The molecule has 196 valence electrons. The Hall–Kier alpha value is -4.21. The number of aromatic nitrogens is 2. The van der Waals surface area contributed by atoms with Crippen LogP contribution in [0.3, 0.4) is 0 Å². The van der Waals surface area contributed by atoms with E-state index in [1.165, 1.54) is 6.33 Å². The van der Waals surface area contributed by atoms with Gasteiger partial charge in [-0.3, -0.25) is 4.79 Å². The van der Waals surface area contributed by atoms with Crippen LogP contribution < -0.4 is 25.4 Å². The van der Waals surface area contributed by atoms with E-state index >= 15 is 0 Å². The van der Waals surface area contributed by atoms with Crippen molar-refractivity contribution >= 4 is 34.0 Å². The maximum Gasteiger partial charge on any atom is 0.255 e. The molecule has 2 heterocycles. The van der Waals surface area contributed by atoms with Crippen LogP contribution in [0.1, 0.15) is 16.8 Å². The average Bonchev–Trinajstić information content (AvgIpc) is 2.97. The minimum atomic E-state index is -0.151. The van der Waals surface area contributed by atoms with Crippen molar-refractivity contribution < 1.29 is 14.3 Å².